The number of benzene rings is 1. The molecule has 3 aromatic rings. The topological polar surface area (TPSA) is 61.8 Å². The number of nitrogens with two attached hydrogens (primary N) is 1. The van der Waals surface area contributed by atoms with Gasteiger partial charge < -0.3 is 19.6 Å². The number of nitrogen functional groups attached to an aromatic ring is 1. The monoisotopic (exact) mass is 311 g/mol. The number of nitrogens with zero attached hydrogens (tertiary/aromatic N) is 2. The van der Waals surface area contributed by atoms with Crippen molar-refractivity contribution in [2.75, 3.05) is 18.9 Å². The largest absolute Gasteiger partial charge is 0.490 e. The molecule has 0 bridgehead atoms. The molecule has 3 rings (SSSR count). The van der Waals surface area contributed by atoms with E-state index in [-0.39, 0.29) is 0 Å². The fourth-order valence-corrected chi connectivity index (χ4v) is 2.27. The van der Waals surface area contributed by atoms with E-state index in [1.165, 1.54) is 0 Å². The first kappa shape index (κ1) is 15.2. The molecule has 0 unspecified atom stereocenters. The van der Waals surface area contributed by atoms with E-state index < -0.39 is 0 Å². The molecule has 2 aromatic heterocycles. The first-order chi connectivity index (χ1) is 11.1. The molecule has 23 heavy (non-hydrogen) atoms. The maximum Gasteiger partial charge on any atom is 0.179 e. The quantitative estimate of drug-likeness (QED) is 0.559. The molecule has 2 N–H and O–H groups in total. The van der Waals surface area contributed by atoms with Crippen LogP contribution in [0.15, 0.2) is 48.8 Å². The zero-order valence-electron chi connectivity index (χ0n) is 13.4. The number of hydrogen-bond donors (Lipinski definition) is 1. The maximum atomic E-state index is 5.82. The molecule has 2 heterocycles. The number of aromatic nitrogens is 2. The van der Waals surface area contributed by atoms with Crippen molar-refractivity contribution >= 4 is 11.3 Å². The van der Waals surface area contributed by atoms with Crippen LogP contribution >= 0.6 is 0 Å². The highest BCUT2D eigenvalue weighted by Crippen LogP contribution is 2.22. The van der Waals surface area contributed by atoms with Gasteiger partial charge in [-0.2, -0.15) is 0 Å². The molecular weight excluding hydrogens is 290 g/mol. The van der Waals surface area contributed by atoms with Crippen molar-refractivity contribution in [3.63, 3.8) is 0 Å². The molecule has 0 atom stereocenters. The molecule has 0 aliphatic rings. The molecule has 0 aliphatic carbocycles. The van der Waals surface area contributed by atoms with Crippen LogP contribution in [-0.4, -0.2) is 22.6 Å². The van der Waals surface area contributed by atoms with Gasteiger partial charge in [0.25, 0.3) is 0 Å². The van der Waals surface area contributed by atoms with Crippen molar-refractivity contribution in [1.82, 2.24) is 9.38 Å². The van der Waals surface area contributed by atoms with Crippen molar-refractivity contribution in [1.29, 1.82) is 0 Å². The van der Waals surface area contributed by atoms with E-state index >= 15 is 0 Å². The highest BCUT2D eigenvalue weighted by Gasteiger charge is 2.09. The Hall–Kier alpha value is -2.69. The minimum Gasteiger partial charge on any atom is -0.490 e. The van der Waals surface area contributed by atoms with Crippen LogP contribution in [0, 0.1) is 0 Å². The summed E-state index contributed by atoms with van der Waals surface area (Å²) in [5.74, 6) is 1.93. The van der Waals surface area contributed by atoms with E-state index in [0.29, 0.717) is 19.1 Å². The average molecular weight is 311 g/mol. The molecule has 0 amide bonds. The molecule has 0 fully saturated rings. The summed E-state index contributed by atoms with van der Waals surface area (Å²) in [6.45, 7) is 5.17. The molecule has 5 heteroatoms. The van der Waals surface area contributed by atoms with E-state index in [2.05, 4.69) is 18.8 Å². The Morgan fingerprint density at radius 2 is 1.83 bits per heavy atom. The number of hydrogen-bond acceptors (Lipinski definition) is 4. The van der Waals surface area contributed by atoms with Crippen molar-refractivity contribution in [3.8, 4) is 11.5 Å². The van der Waals surface area contributed by atoms with Gasteiger partial charge in [0, 0.05) is 18.1 Å². The van der Waals surface area contributed by atoms with E-state index in [1.54, 1.807) is 0 Å². The van der Waals surface area contributed by atoms with Crippen LogP contribution in [0.5, 0.6) is 11.5 Å². The van der Waals surface area contributed by atoms with Crippen molar-refractivity contribution in [2.24, 2.45) is 0 Å². The molecule has 0 aliphatic heterocycles. The van der Waals surface area contributed by atoms with E-state index in [0.717, 1.165) is 28.5 Å². The molecule has 0 spiro atoms. The lowest BCUT2D eigenvalue weighted by atomic mass is 10.2. The number of anilines is 1. The molecule has 5 nitrogen and oxygen atoms in total. The van der Waals surface area contributed by atoms with Gasteiger partial charge in [-0.3, -0.25) is 0 Å². The van der Waals surface area contributed by atoms with Crippen LogP contribution in [-0.2, 0) is 0 Å². The molecule has 0 saturated heterocycles. The zero-order valence-corrected chi connectivity index (χ0v) is 13.4. The molecule has 120 valence electrons. The average Bonchev–Trinajstić information content (AvgIpc) is 2.98. The third kappa shape index (κ3) is 3.56. The summed E-state index contributed by atoms with van der Waals surface area (Å²) < 4.78 is 13.4. The van der Waals surface area contributed by atoms with E-state index in [1.807, 2.05) is 53.2 Å². The first-order valence-electron chi connectivity index (χ1n) is 7.72. The second kappa shape index (κ2) is 6.60. The standard InChI is InChI=1S/C18H21N3O2/c1-13(2)16-12-21-9-3-4-17(18(21)20-16)23-11-10-22-15-7-5-14(19)6-8-15/h3-9,12-13H,10-11,19H2,1-2H3. The Kier molecular flexibility index (Phi) is 4.37. The Labute approximate surface area is 135 Å². The van der Waals surface area contributed by atoms with Crippen molar-refractivity contribution in [2.45, 2.75) is 19.8 Å². The first-order valence-corrected chi connectivity index (χ1v) is 7.72. The lowest BCUT2D eigenvalue weighted by Crippen LogP contribution is -2.09. The summed E-state index contributed by atoms with van der Waals surface area (Å²) in [7, 11) is 0. The third-order valence-corrected chi connectivity index (χ3v) is 3.55. The van der Waals surface area contributed by atoms with E-state index in [9.17, 15) is 0 Å². The smallest absolute Gasteiger partial charge is 0.179 e. The fraction of sp³-hybridized carbons (Fsp3) is 0.278. The highest BCUT2D eigenvalue weighted by atomic mass is 16.5. The summed E-state index contributed by atoms with van der Waals surface area (Å²) in [5, 5.41) is 0. The number of pyridine rings is 1. The minimum atomic E-state index is 0.386. The van der Waals surface area contributed by atoms with Crippen LogP contribution in [0.2, 0.25) is 0 Å². The summed E-state index contributed by atoms with van der Waals surface area (Å²) in [4.78, 5) is 4.64. The highest BCUT2D eigenvalue weighted by molar-refractivity contribution is 5.54. The predicted octanol–water partition coefficient (Wildman–Crippen LogP) is 3.50. The van der Waals surface area contributed by atoms with Crippen LogP contribution in [0.1, 0.15) is 25.5 Å². The predicted molar refractivity (Wildman–Crippen MR) is 91.1 cm³/mol. The van der Waals surface area contributed by atoms with Gasteiger partial charge in [0.2, 0.25) is 0 Å². The van der Waals surface area contributed by atoms with Gasteiger partial charge in [-0.25, -0.2) is 4.98 Å². The normalized spacial score (nSPS) is 11.1. The third-order valence-electron chi connectivity index (χ3n) is 3.55. The lowest BCUT2D eigenvalue weighted by molar-refractivity contribution is 0.218. The van der Waals surface area contributed by atoms with E-state index in [4.69, 9.17) is 15.2 Å². The van der Waals surface area contributed by atoms with Gasteiger partial charge in [0.1, 0.15) is 19.0 Å². The molecule has 1 aromatic carbocycles. The summed E-state index contributed by atoms with van der Waals surface area (Å²) in [5.41, 5.74) is 8.26. The van der Waals surface area contributed by atoms with Gasteiger partial charge >= 0.3 is 0 Å². The number of rotatable bonds is 6. The Bertz CT molecular complexity index is 779. The second-order valence-corrected chi connectivity index (χ2v) is 5.69. The second-order valence-electron chi connectivity index (χ2n) is 5.69. The maximum absolute atomic E-state index is 5.82. The van der Waals surface area contributed by atoms with Crippen LogP contribution < -0.4 is 15.2 Å². The van der Waals surface area contributed by atoms with Gasteiger partial charge in [0.15, 0.2) is 11.4 Å². The van der Waals surface area contributed by atoms with Crippen molar-refractivity contribution in [3.05, 3.63) is 54.5 Å². The van der Waals surface area contributed by atoms with Crippen LogP contribution in [0.25, 0.3) is 5.65 Å². The Morgan fingerprint density at radius 1 is 1.09 bits per heavy atom. The number of ether oxygens (including phenoxy) is 2. The van der Waals surface area contributed by atoms with Crippen molar-refractivity contribution < 1.29 is 9.47 Å². The Morgan fingerprint density at radius 3 is 2.57 bits per heavy atom. The summed E-state index contributed by atoms with van der Waals surface area (Å²) >= 11 is 0. The molecule has 0 saturated carbocycles. The number of imidazole rings is 1. The summed E-state index contributed by atoms with van der Waals surface area (Å²) in [6.07, 6.45) is 4.02. The number of fused-ring (bicyclic) bond motifs is 1. The van der Waals surface area contributed by atoms with Crippen LogP contribution in [0.3, 0.4) is 0 Å². The minimum absolute atomic E-state index is 0.386. The fourth-order valence-electron chi connectivity index (χ4n) is 2.27. The molecular formula is C18H21N3O2. The van der Waals surface area contributed by atoms with Gasteiger partial charge in [-0.05, 0) is 42.3 Å². The van der Waals surface area contributed by atoms with Crippen LogP contribution in [0.4, 0.5) is 5.69 Å². The Balaban J connectivity index is 1.61. The van der Waals surface area contributed by atoms with Gasteiger partial charge in [-0.15, -0.1) is 0 Å². The molecule has 0 radical (unpaired) electrons. The zero-order chi connectivity index (χ0) is 16.2. The van der Waals surface area contributed by atoms with Gasteiger partial charge in [0.05, 0.1) is 5.69 Å². The van der Waals surface area contributed by atoms with Gasteiger partial charge in [-0.1, -0.05) is 13.8 Å². The lowest BCUT2D eigenvalue weighted by Gasteiger charge is -2.09. The SMILES string of the molecule is CC(C)c1cn2cccc(OCCOc3ccc(N)cc3)c2n1. The summed E-state index contributed by atoms with van der Waals surface area (Å²) in [6, 6.07) is 11.2.